The topological polar surface area (TPSA) is 94.0 Å². The van der Waals surface area contributed by atoms with Crippen LogP contribution in [-0.2, 0) is 14.8 Å². The maximum Gasteiger partial charge on any atom is 0.340 e. The predicted octanol–water partition coefficient (Wildman–Crippen LogP) is 5.68. The van der Waals surface area contributed by atoms with E-state index in [-0.39, 0.29) is 10.5 Å². The number of rotatable bonds is 5. The van der Waals surface area contributed by atoms with Crippen LogP contribution in [0.1, 0.15) is 15.9 Å². The second kappa shape index (κ2) is 8.72. The molecule has 9 heteroatoms. The van der Waals surface area contributed by atoms with Crippen LogP contribution in [0, 0.1) is 6.92 Å². The molecule has 0 saturated carbocycles. The summed E-state index contributed by atoms with van der Waals surface area (Å²) in [6.07, 6.45) is 3.01. The van der Waals surface area contributed by atoms with Crippen molar-refractivity contribution in [2.45, 2.75) is 11.8 Å². The van der Waals surface area contributed by atoms with E-state index in [0.29, 0.717) is 38.5 Å². The quantitative estimate of drug-likeness (QED) is 0.310. The number of nitrogens with zero attached hydrogens (tertiary/aromatic N) is 2. The van der Waals surface area contributed by atoms with Crippen molar-refractivity contribution in [3.8, 4) is 22.5 Å². The number of esters is 1. The van der Waals surface area contributed by atoms with Gasteiger partial charge in [-0.15, -0.1) is 0 Å². The molecule has 0 radical (unpaired) electrons. The molecule has 0 atom stereocenters. The smallest absolute Gasteiger partial charge is 0.340 e. The Kier molecular flexibility index (Phi) is 5.70. The molecule has 0 aliphatic rings. The van der Waals surface area contributed by atoms with Gasteiger partial charge in [0.15, 0.2) is 5.65 Å². The number of carbonyl (C=O) groups is 1. The highest BCUT2D eigenvalue weighted by atomic mass is 35.5. The van der Waals surface area contributed by atoms with Crippen LogP contribution in [0.15, 0.2) is 84.0 Å². The van der Waals surface area contributed by atoms with Crippen molar-refractivity contribution in [2.75, 3.05) is 7.11 Å². The summed E-state index contributed by atoms with van der Waals surface area (Å²) in [5.74, 6) is -0.520. The maximum absolute atomic E-state index is 13.2. The number of aromatic nitrogens is 3. The SMILES string of the molecule is COC(=O)c1cc(-c2ccnc3c2ccn3S(=O)(=O)c2ccccc2)[nH]c1-c1ccc(C)cc1Cl. The Bertz CT molecular complexity index is 1690. The molecule has 5 rings (SSSR count). The number of pyridine rings is 1. The van der Waals surface area contributed by atoms with Crippen LogP contribution in [0.2, 0.25) is 5.02 Å². The molecule has 35 heavy (non-hydrogen) atoms. The summed E-state index contributed by atoms with van der Waals surface area (Å²) in [5, 5.41) is 1.09. The lowest BCUT2D eigenvalue weighted by Crippen LogP contribution is -2.12. The molecule has 3 aromatic heterocycles. The number of nitrogens with one attached hydrogen (secondary N) is 1. The summed E-state index contributed by atoms with van der Waals surface area (Å²) in [4.78, 5) is 20.4. The average Bonchev–Trinajstić information content (AvgIpc) is 3.49. The Hall–Kier alpha value is -3.88. The molecule has 1 N–H and O–H groups in total. The standard InChI is InChI=1S/C26H20ClN3O4S/c1-16-8-9-20(22(27)14-16)24-21(26(31)34-2)15-23(29-24)18-10-12-28-25-19(18)11-13-30(25)35(32,33)17-6-4-3-5-7-17/h3-15,29H,1-2H3. The maximum atomic E-state index is 13.2. The van der Waals surface area contributed by atoms with Gasteiger partial charge in [-0.25, -0.2) is 22.2 Å². The number of aromatic amines is 1. The first kappa shape index (κ1) is 22.9. The number of H-pyrrole nitrogens is 1. The van der Waals surface area contributed by atoms with Crippen LogP contribution in [0.3, 0.4) is 0 Å². The molecule has 0 unspecified atom stereocenters. The Morgan fingerprint density at radius 1 is 1.03 bits per heavy atom. The minimum atomic E-state index is -3.84. The van der Waals surface area contributed by atoms with E-state index in [1.807, 2.05) is 25.1 Å². The van der Waals surface area contributed by atoms with Gasteiger partial charge in [0.2, 0.25) is 0 Å². The molecule has 0 amide bonds. The van der Waals surface area contributed by atoms with Gasteiger partial charge in [0, 0.05) is 34.6 Å². The van der Waals surface area contributed by atoms with Crippen LogP contribution in [0.5, 0.6) is 0 Å². The van der Waals surface area contributed by atoms with E-state index < -0.39 is 16.0 Å². The molecule has 0 saturated heterocycles. The minimum absolute atomic E-state index is 0.161. The predicted molar refractivity (Wildman–Crippen MR) is 135 cm³/mol. The zero-order chi connectivity index (χ0) is 24.7. The first-order valence-electron chi connectivity index (χ1n) is 10.7. The van der Waals surface area contributed by atoms with E-state index in [9.17, 15) is 13.2 Å². The molecule has 0 aliphatic carbocycles. The number of methoxy groups -OCH3 is 1. The van der Waals surface area contributed by atoms with E-state index in [2.05, 4.69) is 9.97 Å². The molecule has 5 aromatic rings. The number of benzene rings is 2. The van der Waals surface area contributed by atoms with Crippen molar-refractivity contribution in [1.29, 1.82) is 0 Å². The number of halogens is 1. The second-order valence-corrected chi connectivity index (χ2v) is 10.2. The number of fused-ring (bicyclic) bond motifs is 1. The zero-order valence-corrected chi connectivity index (χ0v) is 20.4. The summed E-state index contributed by atoms with van der Waals surface area (Å²) in [5.41, 5.74) is 4.01. The lowest BCUT2D eigenvalue weighted by atomic mass is 10.1. The van der Waals surface area contributed by atoms with Crippen LogP contribution >= 0.6 is 11.6 Å². The average molecular weight is 506 g/mol. The van der Waals surface area contributed by atoms with Crippen LogP contribution < -0.4 is 0 Å². The fourth-order valence-electron chi connectivity index (χ4n) is 4.06. The van der Waals surface area contributed by atoms with E-state index in [0.717, 1.165) is 9.54 Å². The highest BCUT2D eigenvalue weighted by Gasteiger charge is 2.23. The molecule has 2 aromatic carbocycles. The number of ether oxygens (including phenoxy) is 1. The molecule has 0 fully saturated rings. The van der Waals surface area contributed by atoms with Gasteiger partial charge in [0.1, 0.15) is 0 Å². The molecule has 0 bridgehead atoms. The molecule has 176 valence electrons. The first-order chi connectivity index (χ1) is 16.8. The Balaban J connectivity index is 1.69. The number of hydrogen-bond acceptors (Lipinski definition) is 5. The molecular formula is C26H20ClN3O4S. The van der Waals surface area contributed by atoms with Gasteiger partial charge >= 0.3 is 5.97 Å². The summed E-state index contributed by atoms with van der Waals surface area (Å²) in [6, 6.07) is 18.9. The Labute approximate surface area is 207 Å². The third kappa shape index (κ3) is 3.90. The normalized spacial score (nSPS) is 11.6. The summed E-state index contributed by atoms with van der Waals surface area (Å²) in [6.45, 7) is 1.93. The Morgan fingerprint density at radius 3 is 2.51 bits per heavy atom. The summed E-state index contributed by atoms with van der Waals surface area (Å²) >= 11 is 6.49. The monoisotopic (exact) mass is 505 g/mol. The second-order valence-electron chi connectivity index (χ2n) is 7.97. The first-order valence-corrected chi connectivity index (χ1v) is 12.5. The van der Waals surface area contributed by atoms with E-state index >= 15 is 0 Å². The minimum Gasteiger partial charge on any atom is -0.465 e. The molecule has 3 heterocycles. The van der Waals surface area contributed by atoms with Gasteiger partial charge in [0.25, 0.3) is 10.0 Å². The third-order valence-electron chi connectivity index (χ3n) is 5.76. The van der Waals surface area contributed by atoms with Gasteiger partial charge < -0.3 is 9.72 Å². The molecule has 0 aliphatic heterocycles. The molecule has 7 nitrogen and oxygen atoms in total. The summed E-state index contributed by atoms with van der Waals surface area (Å²) < 4.78 is 32.6. The van der Waals surface area contributed by atoms with Crippen molar-refractivity contribution in [1.82, 2.24) is 13.9 Å². The van der Waals surface area contributed by atoms with E-state index in [1.54, 1.807) is 36.4 Å². The van der Waals surface area contributed by atoms with Gasteiger partial charge in [-0.3, -0.25) is 0 Å². The van der Waals surface area contributed by atoms with Crippen molar-refractivity contribution in [2.24, 2.45) is 0 Å². The van der Waals surface area contributed by atoms with Crippen molar-refractivity contribution >= 4 is 38.6 Å². The largest absolute Gasteiger partial charge is 0.465 e. The van der Waals surface area contributed by atoms with E-state index in [1.165, 1.54) is 31.6 Å². The van der Waals surface area contributed by atoms with Gasteiger partial charge in [-0.1, -0.05) is 41.9 Å². The van der Waals surface area contributed by atoms with Crippen LogP contribution in [0.4, 0.5) is 0 Å². The lowest BCUT2D eigenvalue weighted by molar-refractivity contribution is 0.0602. The van der Waals surface area contributed by atoms with Gasteiger partial charge in [-0.2, -0.15) is 0 Å². The third-order valence-corrected chi connectivity index (χ3v) is 7.75. The number of hydrogen-bond donors (Lipinski definition) is 1. The zero-order valence-electron chi connectivity index (χ0n) is 18.8. The number of aryl methyl sites for hydroxylation is 1. The fraction of sp³-hybridized carbons (Fsp3) is 0.0769. The fourth-order valence-corrected chi connectivity index (χ4v) is 5.71. The molecular weight excluding hydrogens is 486 g/mol. The molecule has 0 spiro atoms. The van der Waals surface area contributed by atoms with E-state index in [4.69, 9.17) is 16.3 Å². The van der Waals surface area contributed by atoms with Gasteiger partial charge in [-0.05, 0) is 48.9 Å². The van der Waals surface area contributed by atoms with Crippen LogP contribution in [-0.4, -0.2) is 35.4 Å². The van der Waals surface area contributed by atoms with Crippen LogP contribution in [0.25, 0.3) is 33.5 Å². The van der Waals surface area contributed by atoms with Crippen molar-refractivity contribution in [3.63, 3.8) is 0 Å². The van der Waals surface area contributed by atoms with Crippen molar-refractivity contribution < 1.29 is 17.9 Å². The summed E-state index contributed by atoms with van der Waals surface area (Å²) in [7, 11) is -2.53. The van der Waals surface area contributed by atoms with Gasteiger partial charge in [0.05, 0.1) is 28.3 Å². The highest BCUT2D eigenvalue weighted by molar-refractivity contribution is 7.90. The Morgan fingerprint density at radius 2 is 1.80 bits per heavy atom. The highest BCUT2D eigenvalue weighted by Crippen LogP contribution is 2.36. The van der Waals surface area contributed by atoms with Crippen molar-refractivity contribution in [3.05, 3.63) is 95.3 Å². The number of carbonyl (C=O) groups excluding carboxylic acids is 1. The lowest BCUT2D eigenvalue weighted by Gasteiger charge is -2.08.